The number of nitro benzene ring substituents is 1. The highest BCUT2D eigenvalue weighted by atomic mass is 16.7. The number of nitro groups is 1. The molecule has 1 aliphatic heterocycles. The van der Waals surface area contributed by atoms with Gasteiger partial charge in [-0.2, -0.15) is 0 Å². The minimum atomic E-state index is -1.63. The maximum atomic E-state index is 15.2. The molecular weight excluding hydrogens is 881 g/mol. The van der Waals surface area contributed by atoms with E-state index in [2.05, 4.69) is 23.1 Å². The zero-order valence-corrected chi connectivity index (χ0v) is 38.6. The van der Waals surface area contributed by atoms with Gasteiger partial charge in [-0.25, -0.2) is 9.59 Å². The molecule has 0 saturated heterocycles. The second kappa shape index (κ2) is 22.4. The standard InChI is InChI=1S/C54H58N4O11/c1-3-30-66-54-49(57(35-39-19-13-18-37-16-7-8-20-43(37)39)53(62)68-41-24-22-40(23-25-41)58(63)64)33-47(56-65-2)45-31-38(17-9-11-28-59)44(21-10-12-29-60)50(51(45)54)46-32-42(26-27-48(46)69-54)67-52(61)55-34-36-14-5-4-6-15-36/h3-8,13-16,18-20,22-27,31-32,38,44,49-51,59-60H,1,9-12,17,21,28-30,33-35H2,2H3,(H,55,61). The molecule has 2 aliphatic carbocycles. The van der Waals surface area contributed by atoms with E-state index in [9.17, 15) is 25.1 Å². The summed E-state index contributed by atoms with van der Waals surface area (Å²) >= 11 is 0. The number of fused-ring (bicyclic) bond motifs is 3. The summed E-state index contributed by atoms with van der Waals surface area (Å²) in [5, 5.41) is 40.9. The number of benzene rings is 5. The average molecular weight is 939 g/mol. The Balaban J connectivity index is 1.30. The van der Waals surface area contributed by atoms with Crippen molar-refractivity contribution in [2.45, 2.75) is 75.8 Å². The molecule has 2 amide bonds. The minimum Gasteiger partial charge on any atom is -0.459 e. The van der Waals surface area contributed by atoms with Crippen LogP contribution in [0.3, 0.4) is 0 Å². The Morgan fingerprint density at radius 1 is 0.913 bits per heavy atom. The predicted molar refractivity (Wildman–Crippen MR) is 260 cm³/mol. The number of rotatable bonds is 20. The Morgan fingerprint density at radius 3 is 2.38 bits per heavy atom. The van der Waals surface area contributed by atoms with Gasteiger partial charge in [0.2, 0.25) is 5.79 Å². The highest BCUT2D eigenvalue weighted by Gasteiger charge is 2.66. The van der Waals surface area contributed by atoms with Crippen molar-refractivity contribution in [3.8, 4) is 17.2 Å². The second-order valence-corrected chi connectivity index (χ2v) is 17.6. The molecule has 1 fully saturated rings. The van der Waals surface area contributed by atoms with Crippen molar-refractivity contribution >= 4 is 34.4 Å². The van der Waals surface area contributed by atoms with Crippen LogP contribution in [0, 0.1) is 27.9 Å². The molecule has 360 valence electrons. The van der Waals surface area contributed by atoms with Gasteiger partial charge in [-0.15, -0.1) is 6.58 Å². The van der Waals surface area contributed by atoms with Crippen LogP contribution in [0.4, 0.5) is 15.3 Å². The van der Waals surface area contributed by atoms with Crippen molar-refractivity contribution in [1.29, 1.82) is 0 Å². The Hall–Kier alpha value is -7.07. The van der Waals surface area contributed by atoms with Crippen molar-refractivity contribution in [3.63, 3.8) is 0 Å². The van der Waals surface area contributed by atoms with E-state index in [1.807, 2.05) is 78.9 Å². The molecule has 6 unspecified atom stereocenters. The molecule has 1 saturated carbocycles. The van der Waals surface area contributed by atoms with Crippen LogP contribution >= 0.6 is 0 Å². The van der Waals surface area contributed by atoms with E-state index >= 15 is 4.79 Å². The average Bonchev–Trinajstić information content (AvgIpc) is 3.36. The largest absolute Gasteiger partial charge is 0.459 e. The normalized spacial score (nSPS) is 21.8. The molecule has 3 N–H and O–H groups in total. The first-order chi connectivity index (χ1) is 33.7. The van der Waals surface area contributed by atoms with Crippen molar-refractivity contribution in [2.75, 3.05) is 26.9 Å². The first-order valence-electron chi connectivity index (χ1n) is 23.5. The molecule has 5 aromatic rings. The van der Waals surface area contributed by atoms with Gasteiger partial charge in [0.1, 0.15) is 30.4 Å². The van der Waals surface area contributed by atoms with Crippen LogP contribution in [0.2, 0.25) is 0 Å². The molecule has 1 heterocycles. The lowest BCUT2D eigenvalue weighted by atomic mass is 9.55. The van der Waals surface area contributed by atoms with Gasteiger partial charge in [0, 0.05) is 49.8 Å². The number of carbonyl (C=O) groups is 2. The number of nitrogens with zero attached hydrogens (tertiary/aromatic N) is 3. The highest BCUT2D eigenvalue weighted by molar-refractivity contribution is 6.03. The van der Waals surface area contributed by atoms with E-state index in [0.29, 0.717) is 42.9 Å². The van der Waals surface area contributed by atoms with E-state index in [-0.39, 0.29) is 62.6 Å². The lowest BCUT2D eigenvalue weighted by Crippen LogP contribution is -2.70. The lowest BCUT2D eigenvalue weighted by Gasteiger charge is -2.59. The SMILES string of the molecule is C=CCOC12Oc3ccc(OC(=O)NCc4ccccc4)cc3C3C(CCCCO)C(CCCCO)C=C(C(=NOC)CC1N(Cc1cccc4ccccc14)C(=O)Oc1ccc([N+](=O)[O-])cc1)C32. The molecule has 3 aliphatic rings. The summed E-state index contributed by atoms with van der Waals surface area (Å²) in [5.74, 6) is -1.97. The smallest absolute Gasteiger partial charge is 0.416 e. The Kier molecular flexibility index (Phi) is 15.7. The number of amides is 2. The van der Waals surface area contributed by atoms with Gasteiger partial charge in [0.05, 0.1) is 29.7 Å². The number of aliphatic hydroxyl groups excluding tert-OH is 2. The van der Waals surface area contributed by atoms with Crippen LogP contribution in [0.1, 0.15) is 67.6 Å². The van der Waals surface area contributed by atoms with E-state index < -0.39 is 40.8 Å². The van der Waals surface area contributed by atoms with Crippen LogP contribution in [0.5, 0.6) is 17.2 Å². The zero-order chi connectivity index (χ0) is 48.3. The number of nitrogens with one attached hydrogen (secondary N) is 1. The van der Waals surface area contributed by atoms with E-state index in [1.54, 1.807) is 23.1 Å². The molecule has 15 nitrogen and oxygen atoms in total. The second-order valence-electron chi connectivity index (χ2n) is 17.6. The van der Waals surface area contributed by atoms with Crippen LogP contribution < -0.4 is 19.5 Å². The molecule has 8 rings (SSSR count). The summed E-state index contributed by atoms with van der Waals surface area (Å²) in [5.41, 5.74) is 3.73. The summed E-state index contributed by atoms with van der Waals surface area (Å²) in [6.45, 7) is 4.41. The van der Waals surface area contributed by atoms with Crippen LogP contribution in [-0.2, 0) is 22.7 Å². The van der Waals surface area contributed by atoms with Gasteiger partial charge in [-0.05, 0) is 95.3 Å². The first kappa shape index (κ1) is 48.4. The molecular formula is C54H58N4O11. The van der Waals surface area contributed by atoms with Crippen molar-refractivity contribution in [2.24, 2.45) is 22.9 Å². The Labute approximate surface area is 401 Å². The number of allylic oxidation sites excluding steroid dienone is 1. The zero-order valence-electron chi connectivity index (χ0n) is 38.6. The molecule has 69 heavy (non-hydrogen) atoms. The van der Waals surface area contributed by atoms with Crippen molar-refractivity contribution in [3.05, 3.63) is 166 Å². The van der Waals surface area contributed by atoms with Crippen LogP contribution in [0.25, 0.3) is 10.8 Å². The summed E-state index contributed by atoms with van der Waals surface area (Å²) in [6.07, 6.45) is 6.64. The molecule has 15 heteroatoms. The molecule has 0 bridgehead atoms. The fourth-order valence-electron chi connectivity index (χ4n) is 10.4. The quantitative estimate of drug-likeness (QED) is 0.0291. The number of non-ortho nitro benzene ring substituents is 1. The topological polar surface area (TPSA) is 192 Å². The number of unbranched alkanes of at least 4 members (excludes halogenated alkanes) is 2. The van der Waals surface area contributed by atoms with Gasteiger partial charge in [-0.1, -0.05) is 103 Å². The van der Waals surface area contributed by atoms with Crippen LogP contribution in [0.15, 0.2) is 145 Å². The maximum Gasteiger partial charge on any atom is 0.416 e. The minimum absolute atomic E-state index is 0.0198. The predicted octanol–water partition coefficient (Wildman–Crippen LogP) is 10.0. The number of oxime groups is 1. The maximum absolute atomic E-state index is 15.2. The van der Waals surface area contributed by atoms with E-state index in [4.69, 9.17) is 23.8 Å². The molecule has 5 aromatic carbocycles. The first-order valence-corrected chi connectivity index (χ1v) is 23.5. The molecule has 6 atom stereocenters. The fraction of sp³-hybridized carbons (Fsp3) is 0.352. The highest BCUT2D eigenvalue weighted by Crippen LogP contribution is 2.62. The monoisotopic (exact) mass is 938 g/mol. The van der Waals surface area contributed by atoms with Gasteiger partial charge >= 0.3 is 12.2 Å². The fourth-order valence-corrected chi connectivity index (χ4v) is 10.4. The third kappa shape index (κ3) is 10.7. The third-order valence-electron chi connectivity index (χ3n) is 13.4. The third-order valence-corrected chi connectivity index (χ3v) is 13.4. The molecule has 0 radical (unpaired) electrons. The summed E-state index contributed by atoms with van der Waals surface area (Å²) < 4.78 is 26.6. The summed E-state index contributed by atoms with van der Waals surface area (Å²) in [7, 11) is 1.48. The van der Waals surface area contributed by atoms with Crippen molar-refractivity contribution in [1.82, 2.24) is 10.2 Å². The van der Waals surface area contributed by atoms with Gasteiger partial charge in [0.15, 0.2) is 0 Å². The van der Waals surface area contributed by atoms with Gasteiger partial charge in [0.25, 0.3) is 5.69 Å². The number of hydrogen-bond donors (Lipinski definition) is 3. The summed E-state index contributed by atoms with van der Waals surface area (Å²) in [6, 6.07) is 33.0. The van der Waals surface area contributed by atoms with Gasteiger partial charge < -0.3 is 39.3 Å². The van der Waals surface area contributed by atoms with Gasteiger partial charge in [-0.3, -0.25) is 15.0 Å². The number of hydrogen-bond acceptors (Lipinski definition) is 12. The number of aliphatic hydroxyl groups is 2. The van der Waals surface area contributed by atoms with E-state index in [0.717, 1.165) is 45.9 Å². The van der Waals surface area contributed by atoms with Crippen LogP contribution in [-0.4, -0.2) is 76.7 Å². The summed E-state index contributed by atoms with van der Waals surface area (Å²) in [4.78, 5) is 46.8. The molecule has 0 spiro atoms. The molecule has 0 aromatic heterocycles. The van der Waals surface area contributed by atoms with Crippen molar-refractivity contribution < 1.29 is 48.5 Å². The number of ether oxygens (including phenoxy) is 4. The van der Waals surface area contributed by atoms with E-state index in [1.165, 1.54) is 31.4 Å². The Bertz CT molecular complexity index is 2670. The lowest BCUT2D eigenvalue weighted by molar-refractivity contribution is -0.384. The Morgan fingerprint density at radius 2 is 1.64 bits per heavy atom. The number of carbonyl (C=O) groups excluding carboxylic acids is 2.